The van der Waals surface area contributed by atoms with E-state index in [9.17, 15) is 4.79 Å². The number of ketones is 1. The van der Waals surface area contributed by atoms with Gasteiger partial charge in [0.2, 0.25) is 5.78 Å². The first-order valence-electron chi connectivity index (χ1n) is 4.55. The molecule has 0 fully saturated rings. The lowest BCUT2D eigenvalue weighted by Gasteiger charge is -1.99. The van der Waals surface area contributed by atoms with E-state index in [0.717, 1.165) is 4.90 Å². The van der Waals surface area contributed by atoms with Crippen molar-refractivity contribution in [1.82, 2.24) is 0 Å². The van der Waals surface area contributed by atoms with Crippen molar-refractivity contribution in [3.63, 3.8) is 0 Å². The van der Waals surface area contributed by atoms with Gasteiger partial charge in [-0.05, 0) is 24.3 Å². The Hall–Kier alpha value is -1.61. The maximum absolute atomic E-state index is 11.3. The summed E-state index contributed by atoms with van der Waals surface area (Å²) >= 11 is 1.31. The summed E-state index contributed by atoms with van der Waals surface area (Å²) in [5.74, 6) is -0.0408. The largest absolute Gasteiger partial charge is 0.288 e. The molecule has 0 saturated heterocycles. The fourth-order valence-electron chi connectivity index (χ4n) is 1.12. The smallest absolute Gasteiger partial charge is 0.204 e. The summed E-state index contributed by atoms with van der Waals surface area (Å²) in [6.45, 7) is 0. The van der Waals surface area contributed by atoms with Crippen LogP contribution in [0.2, 0.25) is 0 Å². The molecule has 3 heteroatoms. The first-order chi connectivity index (χ1) is 7.36. The predicted octanol–water partition coefficient (Wildman–Crippen LogP) is 2.83. The van der Waals surface area contributed by atoms with Crippen LogP contribution in [0.15, 0.2) is 63.9 Å². The highest BCUT2D eigenvalue weighted by atomic mass is 32.2. The van der Waals surface area contributed by atoms with Gasteiger partial charge in [0.25, 0.3) is 0 Å². The molecule has 0 aliphatic heterocycles. The highest BCUT2D eigenvalue weighted by molar-refractivity contribution is 7.98. The zero-order valence-electron chi connectivity index (χ0n) is 7.96. The molecule has 1 aliphatic rings. The molecule has 0 atom stereocenters. The zero-order chi connectivity index (χ0) is 10.5. The molecule has 0 saturated carbocycles. The highest BCUT2D eigenvalue weighted by Crippen LogP contribution is 2.19. The number of benzene rings is 1. The fraction of sp³-hybridized carbons (Fsp3) is 0. The maximum atomic E-state index is 11.3. The SMILES string of the molecule is O=C1C=CC=CC1=NSc1ccccc1. The standard InChI is InChI=1S/C12H9NOS/c14-12-9-5-4-8-11(12)13-15-10-6-2-1-3-7-10/h1-9H. The zero-order valence-corrected chi connectivity index (χ0v) is 8.78. The second-order valence-corrected chi connectivity index (χ2v) is 3.80. The van der Waals surface area contributed by atoms with Gasteiger partial charge in [0.05, 0.1) is 0 Å². The van der Waals surface area contributed by atoms with E-state index in [1.165, 1.54) is 18.0 Å². The number of carbonyl (C=O) groups is 1. The summed E-state index contributed by atoms with van der Waals surface area (Å²) < 4.78 is 4.18. The molecule has 0 radical (unpaired) electrons. The summed E-state index contributed by atoms with van der Waals surface area (Å²) in [7, 11) is 0. The van der Waals surface area contributed by atoms with Gasteiger partial charge >= 0.3 is 0 Å². The molecule has 0 aromatic heterocycles. The minimum atomic E-state index is -0.0408. The van der Waals surface area contributed by atoms with E-state index in [1.54, 1.807) is 12.2 Å². The quantitative estimate of drug-likeness (QED) is 0.560. The molecule has 2 nitrogen and oxygen atoms in total. The lowest BCUT2D eigenvalue weighted by molar-refractivity contribution is -0.108. The van der Waals surface area contributed by atoms with Gasteiger partial charge in [0.15, 0.2) is 0 Å². The maximum Gasteiger partial charge on any atom is 0.204 e. The summed E-state index contributed by atoms with van der Waals surface area (Å²) in [5.41, 5.74) is 0.492. The topological polar surface area (TPSA) is 29.4 Å². The fourth-order valence-corrected chi connectivity index (χ4v) is 1.75. The van der Waals surface area contributed by atoms with E-state index >= 15 is 0 Å². The van der Waals surface area contributed by atoms with Gasteiger partial charge in [-0.15, -0.1) is 0 Å². The molecule has 0 unspecified atom stereocenters. The van der Waals surface area contributed by atoms with E-state index in [-0.39, 0.29) is 5.78 Å². The number of allylic oxidation sites excluding steroid dienone is 4. The van der Waals surface area contributed by atoms with E-state index < -0.39 is 0 Å². The second-order valence-electron chi connectivity index (χ2n) is 2.96. The Balaban J connectivity index is 2.09. The molecule has 0 spiro atoms. The van der Waals surface area contributed by atoms with Crippen molar-refractivity contribution >= 4 is 23.4 Å². The molecular formula is C12H9NOS. The minimum absolute atomic E-state index is 0.0408. The third-order valence-corrected chi connectivity index (χ3v) is 2.63. The van der Waals surface area contributed by atoms with Crippen molar-refractivity contribution in [2.24, 2.45) is 4.40 Å². The van der Waals surface area contributed by atoms with Gasteiger partial charge in [-0.2, -0.15) is 0 Å². The van der Waals surface area contributed by atoms with E-state index in [0.29, 0.717) is 5.71 Å². The van der Waals surface area contributed by atoms with E-state index in [4.69, 9.17) is 0 Å². The number of rotatable bonds is 2. The molecule has 0 bridgehead atoms. The normalized spacial score (nSPS) is 17.3. The van der Waals surface area contributed by atoms with Gasteiger partial charge in [-0.3, -0.25) is 4.79 Å². The summed E-state index contributed by atoms with van der Waals surface area (Å²) in [5, 5.41) is 0. The Labute approximate surface area is 92.6 Å². The van der Waals surface area contributed by atoms with Crippen LogP contribution >= 0.6 is 11.9 Å². The molecule has 1 aromatic carbocycles. The average molecular weight is 215 g/mol. The Morgan fingerprint density at radius 2 is 1.73 bits per heavy atom. The molecule has 0 N–H and O–H groups in total. The van der Waals surface area contributed by atoms with Crippen LogP contribution in [0.3, 0.4) is 0 Å². The van der Waals surface area contributed by atoms with Gasteiger partial charge < -0.3 is 0 Å². The molecule has 0 amide bonds. The lowest BCUT2D eigenvalue weighted by Crippen LogP contribution is -2.09. The van der Waals surface area contributed by atoms with Gasteiger partial charge in [-0.1, -0.05) is 30.4 Å². The van der Waals surface area contributed by atoms with Crippen molar-refractivity contribution in [1.29, 1.82) is 0 Å². The van der Waals surface area contributed by atoms with Crippen molar-refractivity contribution in [3.05, 3.63) is 54.6 Å². The third-order valence-electron chi connectivity index (χ3n) is 1.86. The van der Waals surface area contributed by atoms with Crippen LogP contribution in [-0.4, -0.2) is 11.5 Å². The van der Waals surface area contributed by atoms with Crippen LogP contribution < -0.4 is 0 Å². The van der Waals surface area contributed by atoms with Crippen molar-refractivity contribution in [2.45, 2.75) is 4.90 Å². The van der Waals surface area contributed by atoms with Gasteiger partial charge in [0, 0.05) is 16.8 Å². The third kappa shape index (κ3) is 2.67. The highest BCUT2D eigenvalue weighted by Gasteiger charge is 2.06. The summed E-state index contributed by atoms with van der Waals surface area (Å²) in [6, 6.07) is 9.76. The molecule has 0 heterocycles. The first kappa shape index (κ1) is 9.93. The summed E-state index contributed by atoms with van der Waals surface area (Å²) in [4.78, 5) is 12.4. The summed E-state index contributed by atoms with van der Waals surface area (Å²) in [6.07, 6.45) is 6.77. The molecule has 2 rings (SSSR count). The lowest BCUT2D eigenvalue weighted by atomic mass is 10.1. The molecular weight excluding hydrogens is 206 g/mol. The van der Waals surface area contributed by atoms with Crippen molar-refractivity contribution in [3.8, 4) is 0 Å². The molecule has 15 heavy (non-hydrogen) atoms. The monoisotopic (exact) mass is 215 g/mol. The Bertz CT molecular complexity index is 446. The van der Waals surface area contributed by atoms with Crippen LogP contribution in [0.25, 0.3) is 0 Å². The number of nitrogens with zero attached hydrogens (tertiary/aromatic N) is 1. The number of hydrogen-bond donors (Lipinski definition) is 0. The number of carbonyl (C=O) groups excluding carboxylic acids is 1. The van der Waals surface area contributed by atoms with Gasteiger partial charge in [0.1, 0.15) is 5.71 Å². The van der Waals surface area contributed by atoms with Gasteiger partial charge in [-0.25, -0.2) is 4.40 Å². The predicted molar refractivity (Wildman–Crippen MR) is 63.0 cm³/mol. The molecule has 1 aromatic rings. The van der Waals surface area contributed by atoms with E-state index in [1.807, 2.05) is 36.4 Å². The average Bonchev–Trinajstić information content (AvgIpc) is 2.29. The van der Waals surface area contributed by atoms with Crippen molar-refractivity contribution in [2.75, 3.05) is 0 Å². The second kappa shape index (κ2) is 4.75. The molecule has 1 aliphatic carbocycles. The van der Waals surface area contributed by atoms with Crippen LogP contribution in [0.1, 0.15) is 0 Å². The van der Waals surface area contributed by atoms with Crippen LogP contribution in [-0.2, 0) is 4.79 Å². The molecule has 74 valence electrons. The Morgan fingerprint density at radius 1 is 1.00 bits per heavy atom. The van der Waals surface area contributed by atoms with E-state index in [2.05, 4.69) is 4.40 Å². The van der Waals surface area contributed by atoms with Crippen LogP contribution in [0.5, 0.6) is 0 Å². The Morgan fingerprint density at radius 3 is 2.47 bits per heavy atom. The Kier molecular flexibility index (Phi) is 3.15. The minimum Gasteiger partial charge on any atom is -0.288 e. The van der Waals surface area contributed by atoms with Crippen molar-refractivity contribution < 1.29 is 4.79 Å². The first-order valence-corrected chi connectivity index (χ1v) is 5.33. The number of hydrogen-bond acceptors (Lipinski definition) is 3. The van der Waals surface area contributed by atoms with Crippen LogP contribution in [0.4, 0.5) is 0 Å². The van der Waals surface area contributed by atoms with Crippen LogP contribution in [0, 0.1) is 0 Å².